The number of hydrogen-bond donors (Lipinski definition) is 0. The SMILES string of the molecule is CO[Si](OC)(OC)C(C)c1cccc(OC#N)c1. The molecule has 1 atom stereocenters. The van der Waals surface area contributed by atoms with E-state index in [4.69, 9.17) is 23.3 Å². The molecule has 1 aromatic carbocycles. The van der Waals surface area contributed by atoms with E-state index in [0.717, 1.165) is 5.56 Å². The van der Waals surface area contributed by atoms with E-state index >= 15 is 0 Å². The van der Waals surface area contributed by atoms with Crippen molar-refractivity contribution in [2.75, 3.05) is 21.3 Å². The van der Waals surface area contributed by atoms with Gasteiger partial charge in [-0.1, -0.05) is 19.1 Å². The quantitative estimate of drug-likeness (QED) is 0.583. The van der Waals surface area contributed by atoms with Crippen LogP contribution in [-0.4, -0.2) is 30.1 Å². The van der Waals surface area contributed by atoms with Crippen LogP contribution in [0.2, 0.25) is 0 Å². The van der Waals surface area contributed by atoms with E-state index in [1.54, 1.807) is 39.7 Å². The molecule has 98 valence electrons. The van der Waals surface area contributed by atoms with Gasteiger partial charge in [-0.2, -0.15) is 0 Å². The Morgan fingerprint density at radius 1 is 1.17 bits per heavy atom. The highest BCUT2D eigenvalue weighted by atomic mass is 28.4. The Kier molecular flexibility index (Phi) is 5.31. The zero-order chi connectivity index (χ0) is 13.6. The molecule has 0 amide bonds. The highest BCUT2D eigenvalue weighted by Crippen LogP contribution is 2.30. The highest BCUT2D eigenvalue weighted by Gasteiger charge is 2.45. The van der Waals surface area contributed by atoms with Gasteiger partial charge in [0, 0.05) is 21.3 Å². The van der Waals surface area contributed by atoms with Crippen LogP contribution in [0.3, 0.4) is 0 Å². The maximum atomic E-state index is 8.51. The van der Waals surface area contributed by atoms with Crippen LogP contribution in [0.5, 0.6) is 5.75 Å². The van der Waals surface area contributed by atoms with Gasteiger partial charge in [-0.15, -0.1) is 5.26 Å². The second-order valence-corrected chi connectivity index (χ2v) is 7.00. The first-order chi connectivity index (χ1) is 8.63. The molecule has 0 spiro atoms. The summed E-state index contributed by atoms with van der Waals surface area (Å²) in [6, 6.07) is 7.24. The minimum atomic E-state index is -2.75. The Morgan fingerprint density at radius 3 is 2.28 bits per heavy atom. The molecule has 0 saturated heterocycles. The van der Waals surface area contributed by atoms with Gasteiger partial charge in [-0.3, -0.25) is 0 Å². The predicted molar refractivity (Wildman–Crippen MR) is 67.9 cm³/mol. The Hall–Kier alpha value is -1.39. The lowest BCUT2D eigenvalue weighted by Gasteiger charge is -2.30. The predicted octanol–water partition coefficient (Wildman–Crippen LogP) is 2.07. The molecular formula is C12H17NO4Si. The summed E-state index contributed by atoms with van der Waals surface area (Å²) in [6.45, 7) is 1.97. The lowest BCUT2D eigenvalue weighted by Crippen LogP contribution is -2.48. The van der Waals surface area contributed by atoms with Gasteiger partial charge in [-0.25, -0.2) is 0 Å². The molecule has 0 heterocycles. The smallest absolute Gasteiger partial charge is 0.388 e. The fourth-order valence-corrected chi connectivity index (χ4v) is 4.03. The van der Waals surface area contributed by atoms with Gasteiger partial charge >= 0.3 is 8.80 Å². The number of rotatable bonds is 6. The van der Waals surface area contributed by atoms with Crippen molar-refractivity contribution in [1.29, 1.82) is 5.26 Å². The molecule has 0 aromatic heterocycles. The third-order valence-corrected chi connectivity index (χ3v) is 6.01. The van der Waals surface area contributed by atoms with Crippen molar-refractivity contribution in [3.63, 3.8) is 0 Å². The molecular weight excluding hydrogens is 250 g/mol. The molecule has 0 saturated carbocycles. The number of nitriles is 1. The van der Waals surface area contributed by atoms with Crippen LogP contribution in [-0.2, 0) is 13.3 Å². The van der Waals surface area contributed by atoms with E-state index in [1.165, 1.54) is 0 Å². The minimum absolute atomic E-state index is 0.0558. The zero-order valence-electron chi connectivity index (χ0n) is 11.0. The van der Waals surface area contributed by atoms with Crippen LogP contribution in [0.1, 0.15) is 18.0 Å². The molecule has 1 unspecified atom stereocenters. The van der Waals surface area contributed by atoms with Crippen molar-refractivity contribution < 1.29 is 18.0 Å². The Labute approximate surface area is 108 Å². The van der Waals surface area contributed by atoms with Crippen LogP contribution < -0.4 is 4.74 Å². The maximum absolute atomic E-state index is 8.51. The van der Waals surface area contributed by atoms with E-state index in [-0.39, 0.29) is 5.54 Å². The van der Waals surface area contributed by atoms with E-state index < -0.39 is 8.80 Å². The van der Waals surface area contributed by atoms with Crippen LogP contribution in [0.15, 0.2) is 24.3 Å². The summed E-state index contributed by atoms with van der Waals surface area (Å²) in [4.78, 5) is 0. The summed E-state index contributed by atoms with van der Waals surface area (Å²) in [5.74, 6) is 0.494. The van der Waals surface area contributed by atoms with Crippen molar-refractivity contribution in [3.05, 3.63) is 29.8 Å². The fraction of sp³-hybridized carbons (Fsp3) is 0.417. The molecule has 1 aromatic rings. The maximum Gasteiger partial charge on any atom is 0.507 e. The number of nitrogens with zero attached hydrogens (tertiary/aromatic N) is 1. The Balaban J connectivity index is 3.05. The van der Waals surface area contributed by atoms with Gasteiger partial charge in [0.25, 0.3) is 6.26 Å². The van der Waals surface area contributed by atoms with E-state index in [0.29, 0.717) is 5.75 Å². The summed E-state index contributed by atoms with van der Waals surface area (Å²) in [6.07, 6.45) is 1.65. The molecule has 0 bridgehead atoms. The summed E-state index contributed by atoms with van der Waals surface area (Å²) < 4.78 is 21.1. The summed E-state index contributed by atoms with van der Waals surface area (Å²) in [5.41, 5.74) is 0.889. The average molecular weight is 267 g/mol. The normalized spacial score (nSPS) is 12.8. The topological polar surface area (TPSA) is 60.7 Å². The van der Waals surface area contributed by atoms with E-state index in [2.05, 4.69) is 0 Å². The van der Waals surface area contributed by atoms with Crippen molar-refractivity contribution in [2.24, 2.45) is 0 Å². The summed E-state index contributed by atoms with van der Waals surface area (Å²) >= 11 is 0. The largest absolute Gasteiger partial charge is 0.507 e. The number of ether oxygens (including phenoxy) is 1. The number of benzene rings is 1. The molecule has 18 heavy (non-hydrogen) atoms. The molecule has 5 nitrogen and oxygen atoms in total. The molecule has 0 N–H and O–H groups in total. The molecule has 0 aliphatic heterocycles. The molecule has 0 aliphatic carbocycles. The first kappa shape index (κ1) is 14.7. The number of hydrogen-bond acceptors (Lipinski definition) is 5. The van der Waals surface area contributed by atoms with Crippen molar-refractivity contribution >= 4 is 8.80 Å². The fourth-order valence-electron chi connectivity index (χ4n) is 1.88. The van der Waals surface area contributed by atoms with Crippen molar-refractivity contribution in [3.8, 4) is 12.0 Å². The first-order valence-electron chi connectivity index (χ1n) is 5.45. The van der Waals surface area contributed by atoms with Gasteiger partial charge in [-0.05, 0) is 17.7 Å². The third kappa shape index (κ3) is 2.89. The highest BCUT2D eigenvalue weighted by molar-refractivity contribution is 6.62. The van der Waals surface area contributed by atoms with Crippen molar-refractivity contribution in [1.82, 2.24) is 0 Å². The molecule has 1 rings (SSSR count). The monoisotopic (exact) mass is 267 g/mol. The molecule has 6 heteroatoms. The summed E-state index contributed by atoms with van der Waals surface area (Å²) in [7, 11) is 1.98. The van der Waals surface area contributed by atoms with Gasteiger partial charge in [0.2, 0.25) is 0 Å². The zero-order valence-corrected chi connectivity index (χ0v) is 12.0. The Bertz CT molecular complexity index is 420. The van der Waals surface area contributed by atoms with Crippen LogP contribution in [0.4, 0.5) is 0 Å². The van der Waals surface area contributed by atoms with E-state index in [9.17, 15) is 0 Å². The van der Waals surface area contributed by atoms with Crippen LogP contribution in [0, 0.1) is 11.5 Å². The average Bonchev–Trinajstić information content (AvgIpc) is 2.42. The van der Waals surface area contributed by atoms with Gasteiger partial charge in [0.05, 0.1) is 5.54 Å². The van der Waals surface area contributed by atoms with E-state index in [1.807, 2.05) is 19.1 Å². The lowest BCUT2D eigenvalue weighted by molar-refractivity contribution is 0.114. The Morgan fingerprint density at radius 2 is 1.78 bits per heavy atom. The second-order valence-electron chi connectivity index (χ2n) is 3.70. The molecule has 0 fully saturated rings. The van der Waals surface area contributed by atoms with Crippen molar-refractivity contribution in [2.45, 2.75) is 12.5 Å². The minimum Gasteiger partial charge on any atom is -0.388 e. The van der Waals surface area contributed by atoms with Gasteiger partial charge in [0.1, 0.15) is 5.75 Å². The summed E-state index contributed by atoms with van der Waals surface area (Å²) in [5, 5.41) is 8.51. The van der Waals surface area contributed by atoms with Gasteiger partial charge in [0.15, 0.2) is 0 Å². The van der Waals surface area contributed by atoms with Crippen LogP contribution in [0.25, 0.3) is 0 Å². The standard InChI is InChI=1S/C12H17NO4Si/c1-10(18(14-2,15-3)16-4)11-6-5-7-12(8-11)17-9-13/h5-8,10H,1-4H3. The molecule has 0 aliphatic rings. The lowest BCUT2D eigenvalue weighted by atomic mass is 10.1. The first-order valence-corrected chi connectivity index (χ1v) is 7.25. The van der Waals surface area contributed by atoms with Gasteiger partial charge < -0.3 is 18.0 Å². The third-order valence-electron chi connectivity index (χ3n) is 2.91. The second kappa shape index (κ2) is 6.52. The molecule has 0 radical (unpaired) electrons. The van der Waals surface area contributed by atoms with Crippen LogP contribution >= 0.6 is 0 Å².